The molecule has 0 radical (unpaired) electrons. The minimum atomic E-state index is -4.65. The summed E-state index contributed by atoms with van der Waals surface area (Å²) < 4.78 is 37.6. The molecule has 1 aromatic rings. The Bertz CT molecular complexity index is 1000. The fourth-order valence-corrected chi connectivity index (χ4v) is 3.52. The van der Waals surface area contributed by atoms with Crippen molar-refractivity contribution in [2.45, 2.75) is 38.5 Å². The number of likely N-dealkylation sites (tertiary alicyclic amines) is 1. The molecule has 1 fully saturated rings. The van der Waals surface area contributed by atoms with Gasteiger partial charge in [-0.3, -0.25) is 14.5 Å². The number of rotatable bonds is 8. The number of nitrogens with two attached hydrogens (primary N) is 1. The van der Waals surface area contributed by atoms with Gasteiger partial charge in [0.25, 0.3) is 11.8 Å². The normalized spacial score (nSPS) is 20.1. The number of β-lactam (4-membered cyclic amide) rings is 1. The maximum atomic E-state index is 12.7. The molecule has 32 heavy (non-hydrogen) atoms. The van der Waals surface area contributed by atoms with Gasteiger partial charge < -0.3 is 21.0 Å². The minimum Gasteiger partial charge on any atom is -0.477 e. The van der Waals surface area contributed by atoms with Gasteiger partial charge in [-0.15, -0.1) is 11.3 Å². The first-order chi connectivity index (χ1) is 14.9. The Balaban J connectivity index is 2.28. The Morgan fingerprint density at radius 1 is 1.47 bits per heavy atom. The highest BCUT2D eigenvalue weighted by Crippen LogP contribution is 2.30. The fourth-order valence-electron chi connectivity index (χ4n) is 2.98. The molecule has 0 bridgehead atoms. The van der Waals surface area contributed by atoms with Crippen molar-refractivity contribution in [1.29, 1.82) is 0 Å². The van der Waals surface area contributed by atoms with Gasteiger partial charge in [-0.1, -0.05) is 18.2 Å². The van der Waals surface area contributed by atoms with Crippen molar-refractivity contribution in [2.24, 2.45) is 5.16 Å². The minimum absolute atomic E-state index is 0.0718. The third-order valence-corrected chi connectivity index (χ3v) is 5.12. The van der Waals surface area contributed by atoms with Crippen LogP contribution in [0.1, 0.15) is 26.0 Å². The zero-order valence-corrected chi connectivity index (χ0v) is 18.0. The molecule has 174 valence electrons. The van der Waals surface area contributed by atoms with Gasteiger partial charge in [0.05, 0.1) is 6.04 Å². The highest BCUT2D eigenvalue weighted by Gasteiger charge is 2.49. The highest BCUT2D eigenvalue weighted by molar-refractivity contribution is 7.13. The van der Waals surface area contributed by atoms with Crippen molar-refractivity contribution in [3.05, 3.63) is 34.5 Å². The van der Waals surface area contributed by atoms with Crippen LogP contribution in [0.15, 0.2) is 34.0 Å². The monoisotopic (exact) mass is 475 g/mol. The number of aromatic nitrogens is 1. The molecule has 4 N–H and O–H groups in total. The van der Waals surface area contributed by atoms with E-state index in [0.717, 1.165) is 16.2 Å². The van der Waals surface area contributed by atoms with E-state index in [-0.39, 0.29) is 34.6 Å². The van der Waals surface area contributed by atoms with E-state index in [1.807, 2.05) is 0 Å². The van der Waals surface area contributed by atoms with Crippen LogP contribution in [0.4, 0.5) is 18.3 Å². The fraction of sp³-hybridized carbons (Fsp3) is 0.389. The summed E-state index contributed by atoms with van der Waals surface area (Å²) in [5.74, 6) is -3.20. The zero-order valence-electron chi connectivity index (χ0n) is 17.1. The van der Waals surface area contributed by atoms with Crippen LogP contribution >= 0.6 is 11.3 Å². The molecule has 10 nitrogen and oxygen atoms in total. The van der Waals surface area contributed by atoms with E-state index in [2.05, 4.69) is 20.3 Å². The molecule has 1 aliphatic rings. The SMILES string of the molecule is CCC(/C=C/C(F)(F)F)=C(/C(=O)O)N1C(=O)C(NC(=O)/C(=N\OC)c2csc(N)n2)C1C. The van der Waals surface area contributed by atoms with Crippen molar-refractivity contribution >= 4 is 40.0 Å². The number of hydrogen-bond acceptors (Lipinski definition) is 8. The molecule has 2 amide bonds. The first kappa shape index (κ1) is 24.8. The third-order valence-electron chi connectivity index (χ3n) is 4.44. The van der Waals surface area contributed by atoms with E-state index in [9.17, 15) is 32.7 Å². The van der Waals surface area contributed by atoms with Crippen molar-refractivity contribution in [3.63, 3.8) is 0 Å². The lowest BCUT2D eigenvalue weighted by atomic mass is 9.93. The van der Waals surface area contributed by atoms with Crippen molar-refractivity contribution in [2.75, 3.05) is 12.8 Å². The summed E-state index contributed by atoms with van der Waals surface area (Å²) in [6.45, 7) is 2.91. The van der Waals surface area contributed by atoms with Gasteiger partial charge >= 0.3 is 12.1 Å². The molecule has 0 aliphatic carbocycles. The number of halogens is 3. The molecule has 0 saturated carbocycles. The van der Waals surface area contributed by atoms with Crippen LogP contribution < -0.4 is 11.1 Å². The summed E-state index contributed by atoms with van der Waals surface area (Å²) >= 11 is 1.05. The number of nitrogen functional groups attached to an aromatic ring is 1. The number of oxime groups is 1. The van der Waals surface area contributed by atoms with E-state index in [1.54, 1.807) is 0 Å². The van der Waals surface area contributed by atoms with Crippen LogP contribution in [0.5, 0.6) is 0 Å². The summed E-state index contributed by atoms with van der Waals surface area (Å²) in [7, 11) is 1.20. The lowest BCUT2D eigenvalue weighted by Gasteiger charge is -2.45. The van der Waals surface area contributed by atoms with Crippen LogP contribution in [0, 0.1) is 0 Å². The number of thiazole rings is 1. The van der Waals surface area contributed by atoms with Gasteiger partial charge in [-0.2, -0.15) is 13.2 Å². The Morgan fingerprint density at radius 3 is 2.56 bits per heavy atom. The second kappa shape index (κ2) is 9.80. The number of carboxylic acid groups (broad SMARTS) is 1. The maximum absolute atomic E-state index is 12.7. The second-order valence-corrected chi connectivity index (χ2v) is 7.39. The Kier molecular flexibility index (Phi) is 7.61. The molecule has 14 heteroatoms. The first-order valence-corrected chi connectivity index (χ1v) is 9.98. The van der Waals surface area contributed by atoms with Gasteiger partial charge in [-0.05, 0) is 18.9 Å². The molecule has 1 aliphatic heterocycles. The molecule has 0 aromatic carbocycles. The summed E-state index contributed by atoms with van der Waals surface area (Å²) in [6.07, 6.45) is -4.21. The average Bonchev–Trinajstić information content (AvgIpc) is 3.14. The second-order valence-electron chi connectivity index (χ2n) is 6.50. The number of carbonyl (C=O) groups is 3. The van der Waals surface area contributed by atoms with Crippen LogP contribution in [-0.2, 0) is 19.2 Å². The number of alkyl halides is 3. The molecular weight excluding hydrogens is 455 g/mol. The Morgan fingerprint density at radius 2 is 2.12 bits per heavy atom. The summed E-state index contributed by atoms with van der Waals surface area (Å²) in [5, 5.41) is 17.2. The largest absolute Gasteiger partial charge is 0.477 e. The first-order valence-electron chi connectivity index (χ1n) is 9.10. The average molecular weight is 475 g/mol. The number of carbonyl (C=O) groups excluding carboxylic acids is 2. The number of hydrogen-bond donors (Lipinski definition) is 3. The van der Waals surface area contributed by atoms with Crippen LogP contribution in [-0.4, -0.2) is 63.9 Å². The summed E-state index contributed by atoms with van der Waals surface area (Å²) in [6, 6.07) is -2.00. The number of nitrogens with zero attached hydrogens (tertiary/aromatic N) is 3. The molecule has 2 heterocycles. The van der Waals surface area contributed by atoms with Crippen LogP contribution in [0.3, 0.4) is 0 Å². The Hall–Kier alpha value is -3.42. The van der Waals surface area contributed by atoms with Crippen LogP contribution in [0.2, 0.25) is 0 Å². The van der Waals surface area contributed by atoms with Gasteiger partial charge in [-0.25, -0.2) is 9.78 Å². The quantitative estimate of drug-likeness (QED) is 0.170. The van der Waals surface area contributed by atoms with E-state index in [1.165, 1.54) is 26.3 Å². The number of allylic oxidation sites excluding steroid dienone is 3. The number of aliphatic carboxylic acids is 1. The topological polar surface area (TPSA) is 147 Å². The van der Waals surface area contributed by atoms with Gasteiger partial charge in [0.15, 0.2) is 10.8 Å². The van der Waals surface area contributed by atoms with E-state index in [4.69, 9.17) is 5.73 Å². The van der Waals surface area contributed by atoms with Crippen molar-refractivity contribution in [3.8, 4) is 0 Å². The summed E-state index contributed by atoms with van der Waals surface area (Å²) in [4.78, 5) is 46.4. The van der Waals surface area contributed by atoms with Crippen LogP contribution in [0.25, 0.3) is 0 Å². The lowest BCUT2D eigenvalue weighted by molar-refractivity contribution is -0.153. The van der Waals surface area contributed by atoms with E-state index < -0.39 is 41.7 Å². The highest BCUT2D eigenvalue weighted by atomic mass is 32.1. The Labute approximate surface area is 184 Å². The number of amides is 2. The zero-order chi connectivity index (χ0) is 24.2. The molecular formula is C18H20F3N5O5S. The van der Waals surface area contributed by atoms with Gasteiger partial charge in [0.1, 0.15) is 24.5 Å². The van der Waals surface area contributed by atoms with E-state index in [0.29, 0.717) is 6.08 Å². The summed E-state index contributed by atoms with van der Waals surface area (Å²) in [5.41, 5.74) is 4.62. The third kappa shape index (κ3) is 5.43. The van der Waals surface area contributed by atoms with E-state index >= 15 is 0 Å². The van der Waals surface area contributed by atoms with Gasteiger partial charge in [0, 0.05) is 11.5 Å². The van der Waals surface area contributed by atoms with Crippen molar-refractivity contribution < 1.29 is 37.5 Å². The lowest BCUT2D eigenvalue weighted by Crippen LogP contribution is -2.70. The maximum Gasteiger partial charge on any atom is 0.409 e. The number of carboxylic acids is 1. The molecule has 0 spiro atoms. The predicted octanol–water partition coefficient (Wildman–Crippen LogP) is 1.66. The molecule has 2 unspecified atom stereocenters. The molecule has 2 atom stereocenters. The van der Waals surface area contributed by atoms with Crippen molar-refractivity contribution in [1.82, 2.24) is 15.2 Å². The molecule has 2 rings (SSSR count). The standard InChI is InChI=1S/C18H20F3N5O5S/c1-4-9(5-6-18(19,20)21)13(16(29)30)26-8(2)11(15(26)28)24-14(27)12(25-31-3)10-7-32-17(22)23-10/h5-8,11H,4H2,1-3H3,(H2,22,23)(H,24,27)(H,29,30)/b6-5+,13-9+,25-12-. The number of nitrogens with one attached hydrogen (secondary N) is 1. The number of anilines is 1. The molecule has 1 aromatic heterocycles. The predicted molar refractivity (Wildman–Crippen MR) is 108 cm³/mol. The smallest absolute Gasteiger partial charge is 0.409 e. The molecule has 1 saturated heterocycles. The van der Waals surface area contributed by atoms with Gasteiger partial charge in [0.2, 0.25) is 0 Å².